The lowest BCUT2D eigenvalue weighted by Crippen LogP contribution is -2.37. The highest BCUT2D eigenvalue weighted by atomic mass is 127. The van der Waals surface area contributed by atoms with Crippen molar-refractivity contribution in [3.05, 3.63) is 33.4 Å². The molecule has 1 rings (SSSR count). The Labute approximate surface area is 115 Å². The molecule has 2 nitrogen and oxygen atoms in total. The fourth-order valence-electron chi connectivity index (χ4n) is 1.20. The molecule has 2 atom stereocenters. The van der Waals surface area contributed by atoms with E-state index in [1.165, 1.54) is 0 Å². The van der Waals surface area contributed by atoms with Gasteiger partial charge in [0.05, 0.1) is 0 Å². The third kappa shape index (κ3) is 3.94. The Morgan fingerprint density at radius 1 is 1.50 bits per heavy atom. The molecule has 4 heteroatoms. The van der Waals surface area contributed by atoms with Gasteiger partial charge in [-0.15, -0.1) is 11.6 Å². The lowest BCUT2D eigenvalue weighted by atomic mass is 10.1. The molecule has 0 aliphatic rings. The quantitative estimate of drug-likeness (QED) is 0.654. The summed E-state index contributed by atoms with van der Waals surface area (Å²) in [7, 11) is 0. The summed E-state index contributed by atoms with van der Waals surface area (Å²) in [5.74, 6) is 0.782. The maximum Gasteiger partial charge on any atom is 0.251 e. The SMILES string of the molecule is CC(CCl)C(C)NC(=O)c1cccc(I)c1. The largest absolute Gasteiger partial charge is 0.349 e. The summed E-state index contributed by atoms with van der Waals surface area (Å²) < 4.78 is 1.06. The van der Waals surface area contributed by atoms with E-state index in [-0.39, 0.29) is 17.9 Å². The van der Waals surface area contributed by atoms with E-state index < -0.39 is 0 Å². The highest BCUT2D eigenvalue weighted by molar-refractivity contribution is 14.1. The van der Waals surface area contributed by atoms with Gasteiger partial charge in [0.15, 0.2) is 0 Å². The van der Waals surface area contributed by atoms with Crippen LogP contribution in [0.4, 0.5) is 0 Å². The lowest BCUT2D eigenvalue weighted by molar-refractivity contribution is 0.0931. The Bertz CT molecular complexity index is 370. The van der Waals surface area contributed by atoms with E-state index in [0.717, 1.165) is 3.57 Å². The number of halogens is 2. The standard InChI is InChI=1S/C12H15ClINO/c1-8(7-13)9(2)15-12(16)10-4-3-5-11(14)6-10/h3-6,8-9H,7H2,1-2H3,(H,15,16). The van der Waals surface area contributed by atoms with Crippen molar-refractivity contribution < 1.29 is 4.79 Å². The van der Waals surface area contributed by atoms with Gasteiger partial charge in [0.25, 0.3) is 5.91 Å². The van der Waals surface area contributed by atoms with Crippen LogP contribution in [-0.4, -0.2) is 17.8 Å². The lowest BCUT2D eigenvalue weighted by Gasteiger charge is -2.19. The summed E-state index contributed by atoms with van der Waals surface area (Å²) in [4.78, 5) is 11.9. The molecule has 0 fully saturated rings. The van der Waals surface area contributed by atoms with Gasteiger partial charge in [-0.1, -0.05) is 13.0 Å². The van der Waals surface area contributed by atoms with Crippen LogP contribution in [-0.2, 0) is 0 Å². The molecule has 0 aliphatic heterocycles. The van der Waals surface area contributed by atoms with Gasteiger partial charge in [-0.25, -0.2) is 0 Å². The Hall–Kier alpha value is -0.290. The van der Waals surface area contributed by atoms with Crippen LogP contribution >= 0.6 is 34.2 Å². The molecule has 0 saturated carbocycles. The number of benzene rings is 1. The number of rotatable bonds is 4. The van der Waals surface area contributed by atoms with Gasteiger partial charge in [0.1, 0.15) is 0 Å². The van der Waals surface area contributed by atoms with E-state index in [9.17, 15) is 4.79 Å². The number of nitrogens with one attached hydrogen (secondary N) is 1. The van der Waals surface area contributed by atoms with E-state index in [4.69, 9.17) is 11.6 Å². The number of amides is 1. The number of hydrogen-bond acceptors (Lipinski definition) is 1. The fraction of sp³-hybridized carbons (Fsp3) is 0.417. The molecule has 0 radical (unpaired) electrons. The molecule has 0 saturated heterocycles. The first-order valence-corrected chi connectivity index (χ1v) is 6.78. The minimum absolute atomic E-state index is 0.0389. The minimum Gasteiger partial charge on any atom is -0.349 e. The summed E-state index contributed by atoms with van der Waals surface area (Å²) in [6.45, 7) is 3.99. The summed E-state index contributed by atoms with van der Waals surface area (Å²) in [6, 6.07) is 7.61. The third-order valence-electron chi connectivity index (χ3n) is 2.54. The van der Waals surface area contributed by atoms with Crippen molar-refractivity contribution >= 4 is 40.1 Å². The van der Waals surface area contributed by atoms with E-state index in [2.05, 4.69) is 27.9 Å². The topological polar surface area (TPSA) is 29.1 Å². The molecule has 1 N–H and O–H groups in total. The van der Waals surface area contributed by atoms with E-state index in [1.807, 2.05) is 38.1 Å². The zero-order chi connectivity index (χ0) is 12.1. The van der Waals surface area contributed by atoms with Crippen LogP contribution in [0.15, 0.2) is 24.3 Å². The average molecular weight is 352 g/mol. The van der Waals surface area contributed by atoms with Gasteiger partial charge in [-0.2, -0.15) is 0 Å². The van der Waals surface area contributed by atoms with Crippen LogP contribution in [0.3, 0.4) is 0 Å². The zero-order valence-electron chi connectivity index (χ0n) is 9.34. The molecule has 88 valence electrons. The van der Waals surface area contributed by atoms with Gasteiger partial charge >= 0.3 is 0 Å². The predicted molar refractivity (Wildman–Crippen MR) is 76.0 cm³/mol. The van der Waals surface area contributed by atoms with Gasteiger partial charge in [0, 0.05) is 21.1 Å². The van der Waals surface area contributed by atoms with E-state index in [0.29, 0.717) is 11.4 Å². The summed E-state index contributed by atoms with van der Waals surface area (Å²) in [5.41, 5.74) is 0.695. The fourth-order valence-corrected chi connectivity index (χ4v) is 2.01. The van der Waals surface area contributed by atoms with Crippen molar-refractivity contribution in [2.75, 3.05) is 5.88 Å². The van der Waals surface area contributed by atoms with Crippen LogP contribution in [0.1, 0.15) is 24.2 Å². The van der Waals surface area contributed by atoms with E-state index in [1.54, 1.807) is 0 Å². The highest BCUT2D eigenvalue weighted by Gasteiger charge is 2.14. The van der Waals surface area contributed by atoms with Crippen molar-refractivity contribution in [3.63, 3.8) is 0 Å². The van der Waals surface area contributed by atoms with Gasteiger partial charge in [0.2, 0.25) is 0 Å². The van der Waals surface area contributed by atoms with Crippen LogP contribution in [0.2, 0.25) is 0 Å². The monoisotopic (exact) mass is 351 g/mol. The van der Waals surface area contributed by atoms with Crippen LogP contribution in [0.5, 0.6) is 0 Å². The first-order valence-electron chi connectivity index (χ1n) is 5.17. The average Bonchev–Trinajstić information content (AvgIpc) is 2.27. The maximum atomic E-state index is 11.9. The molecule has 0 heterocycles. The smallest absolute Gasteiger partial charge is 0.251 e. The summed E-state index contributed by atoms with van der Waals surface area (Å²) in [6.07, 6.45) is 0. The minimum atomic E-state index is -0.0389. The molecule has 0 bridgehead atoms. The van der Waals surface area contributed by atoms with Crippen molar-refractivity contribution in [1.29, 1.82) is 0 Å². The molecule has 0 aliphatic carbocycles. The zero-order valence-corrected chi connectivity index (χ0v) is 12.2. The predicted octanol–water partition coefficient (Wildman–Crippen LogP) is 3.28. The normalized spacial score (nSPS) is 14.2. The number of carbonyl (C=O) groups is 1. The number of hydrogen-bond donors (Lipinski definition) is 1. The van der Waals surface area contributed by atoms with Gasteiger partial charge in [-0.3, -0.25) is 4.79 Å². The molecule has 1 aromatic carbocycles. The maximum absolute atomic E-state index is 11.9. The molecule has 1 amide bonds. The second-order valence-electron chi connectivity index (χ2n) is 3.90. The Balaban J connectivity index is 2.66. The Morgan fingerprint density at radius 3 is 2.75 bits per heavy atom. The first kappa shape index (κ1) is 13.8. The summed E-state index contributed by atoms with van der Waals surface area (Å²) in [5, 5.41) is 2.95. The van der Waals surface area contributed by atoms with E-state index >= 15 is 0 Å². The third-order valence-corrected chi connectivity index (χ3v) is 3.70. The number of alkyl halides is 1. The van der Waals surface area contributed by atoms with Crippen LogP contribution in [0.25, 0.3) is 0 Å². The Kier molecular flexibility index (Phi) is 5.55. The van der Waals surface area contributed by atoms with Gasteiger partial charge in [-0.05, 0) is 53.6 Å². The Morgan fingerprint density at radius 2 is 2.19 bits per heavy atom. The molecule has 1 aromatic rings. The van der Waals surface area contributed by atoms with Crippen molar-refractivity contribution in [1.82, 2.24) is 5.32 Å². The van der Waals surface area contributed by atoms with Gasteiger partial charge < -0.3 is 5.32 Å². The summed E-state index contributed by atoms with van der Waals surface area (Å²) >= 11 is 7.94. The molecule has 0 aromatic heterocycles. The van der Waals surface area contributed by atoms with Crippen LogP contribution in [0, 0.1) is 9.49 Å². The molecule has 2 unspecified atom stereocenters. The van der Waals surface area contributed by atoms with Crippen molar-refractivity contribution in [2.24, 2.45) is 5.92 Å². The molecule has 16 heavy (non-hydrogen) atoms. The second-order valence-corrected chi connectivity index (χ2v) is 5.46. The molecular weight excluding hydrogens is 336 g/mol. The second kappa shape index (κ2) is 6.45. The molecule has 0 spiro atoms. The van der Waals surface area contributed by atoms with Crippen LogP contribution < -0.4 is 5.32 Å². The first-order chi connectivity index (χ1) is 7.54. The highest BCUT2D eigenvalue weighted by Crippen LogP contribution is 2.09. The van der Waals surface area contributed by atoms with Crippen molar-refractivity contribution in [2.45, 2.75) is 19.9 Å². The van der Waals surface area contributed by atoms with Crippen molar-refractivity contribution in [3.8, 4) is 0 Å². The number of carbonyl (C=O) groups excluding carboxylic acids is 1. The molecular formula is C12H15ClINO.